The summed E-state index contributed by atoms with van der Waals surface area (Å²) in [6.07, 6.45) is 0.482. The van der Waals surface area contributed by atoms with Crippen molar-refractivity contribution in [2.75, 3.05) is 19.7 Å². The highest BCUT2D eigenvalue weighted by atomic mass is 16.5. The molecule has 2 amide bonds. The van der Waals surface area contributed by atoms with Gasteiger partial charge in [0.2, 0.25) is 0 Å². The maximum Gasteiger partial charge on any atom is 0.326 e. The molecule has 0 spiro atoms. The molecule has 0 aromatic rings. The molecule has 7 nitrogen and oxygen atoms in total. The minimum Gasteiger partial charge on any atom is -0.480 e. The lowest BCUT2D eigenvalue weighted by atomic mass is 10.1. The molecule has 3 atom stereocenters. The van der Waals surface area contributed by atoms with Gasteiger partial charge in [-0.15, -0.1) is 0 Å². The lowest BCUT2D eigenvalue weighted by Crippen LogP contribution is -2.55. The van der Waals surface area contributed by atoms with Crippen LogP contribution in [0.3, 0.4) is 0 Å². The van der Waals surface area contributed by atoms with Crippen LogP contribution >= 0.6 is 0 Å². The van der Waals surface area contributed by atoms with E-state index in [1.807, 2.05) is 13.8 Å². The number of amides is 2. The zero-order chi connectivity index (χ0) is 14.4. The van der Waals surface area contributed by atoms with E-state index < -0.39 is 24.1 Å². The maximum absolute atomic E-state index is 12.0. The molecule has 1 saturated heterocycles. The van der Waals surface area contributed by atoms with E-state index in [0.717, 1.165) is 0 Å². The predicted molar refractivity (Wildman–Crippen MR) is 67.9 cm³/mol. The molecule has 1 aliphatic heterocycles. The largest absolute Gasteiger partial charge is 0.480 e. The fourth-order valence-corrected chi connectivity index (χ4v) is 2.10. The molecule has 19 heavy (non-hydrogen) atoms. The highest BCUT2D eigenvalue weighted by molar-refractivity contribution is 5.82. The normalized spacial score (nSPS) is 24.9. The van der Waals surface area contributed by atoms with Gasteiger partial charge in [0, 0.05) is 6.54 Å². The molecule has 0 aromatic heterocycles. The first-order valence-corrected chi connectivity index (χ1v) is 6.52. The average Bonchev–Trinajstić information content (AvgIpc) is 2.37. The standard InChI is InChI=1S/C12H22N2O5/c1-3-4-10(11(16)17)13-12(18)14-5-8(2)19-9(6-14)7-15/h8-10,15H,3-7H2,1-2H3,(H,13,18)(H,16,17)/t8?,9?,10-/m0/s1. The van der Waals surface area contributed by atoms with Crippen molar-refractivity contribution in [1.82, 2.24) is 10.2 Å². The third-order valence-electron chi connectivity index (χ3n) is 2.99. The molecule has 0 aromatic carbocycles. The lowest BCUT2D eigenvalue weighted by Gasteiger charge is -2.36. The topological polar surface area (TPSA) is 99.1 Å². The third-order valence-corrected chi connectivity index (χ3v) is 2.99. The number of aliphatic hydroxyl groups is 1. The van der Waals surface area contributed by atoms with Gasteiger partial charge in [-0.3, -0.25) is 0 Å². The van der Waals surface area contributed by atoms with Crippen molar-refractivity contribution in [3.8, 4) is 0 Å². The SMILES string of the molecule is CCC[C@H](NC(=O)N1CC(C)OC(CO)C1)C(=O)O. The molecule has 110 valence electrons. The van der Waals surface area contributed by atoms with Crippen LogP contribution in [0.5, 0.6) is 0 Å². The summed E-state index contributed by atoms with van der Waals surface area (Å²) in [4.78, 5) is 24.5. The van der Waals surface area contributed by atoms with E-state index in [2.05, 4.69) is 5.32 Å². The van der Waals surface area contributed by atoms with E-state index >= 15 is 0 Å². The number of carbonyl (C=O) groups excluding carboxylic acids is 1. The van der Waals surface area contributed by atoms with Crippen LogP contribution < -0.4 is 5.32 Å². The van der Waals surface area contributed by atoms with Crippen LogP contribution in [0.1, 0.15) is 26.7 Å². The number of nitrogens with zero attached hydrogens (tertiary/aromatic N) is 1. The van der Waals surface area contributed by atoms with Gasteiger partial charge in [0.05, 0.1) is 25.4 Å². The molecule has 1 fully saturated rings. The van der Waals surface area contributed by atoms with Crippen molar-refractivity contribution in [3.05, 3.63) is 0 Å². The molecule has 0 aliphatic carbocycles. The molecule has 3 N–H and O–H groups in total. The van der Waals surface area contributed by atoms with Crippen molar-refractivity contribution in [1.29, 1.82) is 0 Å². The highest BCUT2D eigenvalue weighted by Gasteiger charge is 2.30. The number of carboxylic acid groups (broad SMARTS) is 1. The molecule has 0 saturated carbocycles. The van der Waals surface area contributed by atoms with Gasteiger partial charge < -0.3 is 25.2 Å². The van der Waals surface area contributed by atoms with Gasteiger partial charge in [0.1, 0.15) is 6.04 Å². The number of hydrogen-bond donors (Lipinski definition) is 3. The average molecular weight is 274 g/mol. The minimum absolute atomic E-state index is 0.161. The summed E-state index contributed by atoms with van der Waals surface area (Å²) < 4.78 is 5.43. The summed E-state index contributed by atoms with van der Waals surface area (Å²) in [7, 11) is 0. The number of carboxylic acids is 1. The van der Waals surface area contributed by atoms with Crippen LogP contribution in [0, 0.1) is 0 Å². The fourth-order valence-electron chi connectivity index (χ4n) is 2.10. The monoisotopic (exact) mass is 274 g/mol. The summed E-state index contributed by atoms with van der Waals surface area (Å²) in [5, 5.41) is 20.6. The molecule has 2 unspecified atom stereocenters. The van der Waals surface area contributed by atoms with E-state index in [0.29, 0.717) is 19.4 Å². The van der Waals surface area contributed by atoms with Crippen LogP contribution in [0.2, 0.25) is 0 Å². The first-order valence-electron chi connectivity index (χ1n) is 6.52. The Morgan fingerprint density at radius 1 is 1.47 bits per heavy atom. The van der Waals surface area contributed by atoms with Gasteiger partial charge in [0.15, 0.2) is 0 Å². The van der Waals surface area contributed by atoms with Crippen molar-refractivity contribution in [2.45, 2.75) is 44.9 Å². The highest BCUT2D eigenvalue weighted by Crippen LogP contribution is 2.11. The van der Waals surface area contributed by atoms with E-state index in [1.54, 1.807) is 0 Å². The van der Waals surface area contributed by atoms with Crippen LogP contribution in [0.15, 0.2) is 0 Å². The Hall–Kier alpha value is -1.34. The van der Waals surface area contributed by atoms with Crippen molar-refractivity contribution < 1.29 is 24.5 Å². The number of morpholine rings is 1. The van der Waals surface area contributed by atoms with Crippen LogP contribution in [-0.4, -0.2) is 65.1 Å². The zero-order valence-corrected chi connectivity index (χ0v) is 11.3. The number of hydrogen-bond acceptors (Lipinski definition) is 4. The quantitative estimate of drug-likeness (QED) is 0.657. The summed E-state index contributed by atoms with van der Waals surface area (Å²) >= 11 is 0. The molecule has 7 heteroatoms. The second kappa shape index (κ2) is 7.30. The molecule has 0 radical (unpaired) electrons. The molecular weight excluding hydrogens is 252 g/mol. The van der Waals surface area contributed by atoms with Gasteiger partial charge >= 0.3 is 12.0 Å². The zero-order valence-electron chi connectivity index (χ0n) is 11.3. The van der Waals surface area contributed by atoms with Gasteiger partial charge in [0.25, 0.3) is 0 Å². The molecule has 0 bridgehead atoms. The minimum atomic E-state index is -1.03. The Labute approximate surface area is 112 Å². The summed E-state index contributed by atoms with van der Waals surface area (Å²) in [6.45, 7) is 4.17. The first-order chi connectivity index (χ1) is 8.97. The summed E-state index contributed by atoms with van der Waals surface area (Å²) in [5.41, 5.74) is 0. The molecule has 1 aliphatic rings. The molecular formula is C12H22N2O5. The Bertz CT molecular complexity index is 323. The predicted octanol–water partition coefficient (Wildman–Crippen LogP) is 0.0309. The van der Waals surface area contributed by atoms with Crippen LogP contribution in [0.25, 0.3) is 0 Å². The van der Waals surface area contributed by atoms with Gasteiger partial charge in [-0.2, -0.15) is 0 Å². The Balaban J connectivity index is 2.58. The smallest absolute Gasteiger partial charge is 0.326 e. The van der Waals surface area contributed by atoms with Crippen LogP contribution in [0.4, 0.5) is 4.79 Å². The van der Waals surface area contributed by atoms with E-state index in [1.165, 1.54) is 4.90 Å². The van der Waals surface area contributed by atoms with E-state index in [-0.39, 0.29) is 19.3 Å². The number of rotatable bonds is 5. The van der Waals surface area contributed by atoms with Gasteiger partial charge in [-0.05, 0) is 13.3 Å². The number of carbonyl (C=O) groups is 2. The number of nitrogens with one attached hydrogen (secondary N) is 1. The van der Waals surface area contributed by atoms with E-state index in [9.17, 15) is 9.59 Å². The van der Waals surface area contributed by atoms with Crippen molar-refractivity contribution in [2.24, 2.45) is 0 Å². The molecule has 1 rings (SSSR count). The van der Waals surface area contributed by atoms with Crippen LogP contribution in [-0.2, 0) is 9.53 Å². The van der Waals surface area contributed by atoms with E-state index in [4.69, 9.17) is 14.9 Å². The van der Waals surface area contributed by atoms with Crippen molar-refractivity contribution in [3.63, 3.8) is 0 Å². The summed E-state index contributed by atoms with van der Waals surface area (Å²) in [5.74, 6) is -1.03. The molecule has 1 heterocycles. The number of aliphatic hydroxyl groups excluding tert-OH is 1. The number of ether oxygens (including phenoxy) is 1. The second-order valence-electron chi connectivity index (χ2n) is 4.79. The van der Waals surface area contributed by atoms with Gasteiger partial charge in [-0.1, -0.05) is 13.3 Å². The number of aliphatic carboxylic acids is 1. The number of urea groups is 1. The summed E-state index contributed by atoms with van der Waals surface area (Å²) in [6, 6.07) is -1.29. The lowest BCUT2D eigenvalue weighted by molar-refractivity contribution is -0.139. The Kier molecular flexibility index (Phi) is 6.04. The third kappa shape index (κ3) is 4.68. The van der Waals surface area contributed by atoms with Gasteiger partial charge in [-0.25, -0.2) is 9.59 Å². The maximum atomic E-state index is 12.0. The van der Waals surface area contributed by atoms with Crippen molar-refractivity contribution >= 4 is 12.0 Å². The first kappa shape index (κ1) is 15.7. The fraction of sp³-hybridized carbons (Fsp3) is 0.833. The Morgan fingerprint density at radius 3 is 2.68 bits per heavy atom. The Morgan fingerprint density at radius 2 is 2.16 bits per heavy atom. The second-order valence-corrected chi connectivity index (χ2v) is 4.79.